The average Bonchev–Trinajstić information content (AvgIpc) is 2.31. The van der Waals surface area contributed by atoms with Crippen molar-refractivity contribution in [1.29, 1.82) is 0 Å². The molecule has 0 spiro atoms. The van der Waals surface area contributed by atoms with Gasteiger partial charge in [0.05, 0.1) is 6.61 Å². The summed E-state index contributed by atoms with van der Waals surface area (Å²) in [7, 11) is 0. The molecular formula is C14H27O2. The van der Waals surface area contributed by atoms with E-state index in [0.717, 1.165) is 6.42 Å². The quantitative estimate of drug-likeness (QED) is 0.389. The van der Waals surface area contributed by atoms with Crippen LogP contribution in [0.1, 0.15) is 71.1 Å². The molecule has 0 aromatic rings. The van der Waals surface area contributed by atoms with E-state index in [0.29, 0.717) is 6.61 Å². The van der Waals surface area contributed by atoms with Crippen LogP contribution in [0.3, 0.4) is 0 Å². The van der Waals surface area contributed by atoms with E-state index in [4.69, 9.17) is 4.74 Å². The molecule has 0 rings (SSSR count). The molecule has 0 fully saturated rings. The van der Waals surface area contributed by atoms with Crippen molar-refractivity contribution in [2.75, 3.05) is 6.61 Å². The van der Waals surface area contributed by atoms with Crippen molar-refractivity contribution in [2.24, 2.45) is 0 Å². The molecule has 0 aromatic heterocycles. The molecule has 0 heterocycles. The number of unbranched alkanes of at least 4 members (excludes halogenated alkanes) is 8. The van der Waals surface area contributed by atoms with Gasteiger partial charge in [-0.15, -0.1) is 0 Å². The van der Waals surface area contributed by atoms with Gasteiger partial charge in [-0.05, 0) is 13.3 Å². The van der Waals surface area contributed by atoms with Gasteiger partial charge in [0.15, 0.2) is 0 Å². The highest BCUT2D eigenvalue weighted by Crippen LogP contribution is 2.09. The van der Waals surface area contributed by atoms with Gasteiger partial charge in [-0.2, -0.15) is 0 Å². The summed E-state index contributed by atoms with van der Waals surface area (Å²) in [6, 6.07) is 0. The summed E-state index contributed by atoms with van der Waals surface area (Å²) in [6.07, 6.45) is 11.8. The normalized spacial score (nSPS) is 10.4. The molecule has 16 heavy (non-hydrogen) atoms. The minimum atomic E-state index is -0.181. The maximum atomic E-state index is 10.8. The Labute approximate surface area is 101 Å². The molecule has 0 saturated carbocycles. The largest absolute Gasteiger partial charge is 0.466 e. The number of hydrogen-bond donors (Lipinski definition) is 0. The Morgan fingerprint density at radius 1 is 0.938 bits per heavy atom. The van der Waals surface area contributed by atoms with Crippen molar-refractivity contribution in [3.8, 4) is 0 Å². The molecule has 0 aliphatic carbocycles. The van der Waals surface area contributed by atoms with Crippen molar-refractivity contribution in [1.82, 2.24) is 0 Å². The third-order valence-corrected chi connectivity index (χ3v) is 2.72. The predicted molar refractivity (Wildman–Crippen MR) is 68.2 cm³/mol. The van der Waals surface area contributed by atoms with Gasteiger partial charge in [0.1, 0.15) is 0 Å². The molecule has 0 saturated heterocycles. The number of ether oxygens (including phenoxy) is 1. The molecule has 2 heteroatoms. The lowest BCUT2D eigenvalue weighted by Crippen LogP contribution is -2.03. The zero-order chi connectivity index (χ0) is 12.1. The SMILES string of the molecule is [CH2]CC(=O)OCCCCCCCCCCC. The Morgan fingerprint density at radius 3 is 1.94 bits per heavy atom. The van der Waals surface area contributed by atoms with Gasteiger partial charge >= 0.3 is 5.97 Å². The van der Waals surface area contributed by atoms with Crippen LogP contribution in [-0.4, -0.2) is 12.6 Å². The summed E-state index contributed by atoms with van der Waals surface area (Å²) >= 11 is 0. The Bertz CT molecular complexity index is 155. The lowest BCUT2D eigenvalue weighted by atomic mass is 10.1. The van der Waals surface area contributed by atoms with Gasteiger partial charge in [0.25, 0.3) is 0 Å². The van der Waals surface area contributed by atoms with Crippen LogP contribution in [0.2, 0.25) is 0 Å². The predicted octanol–water partition coefficient (Wildman–Crippen LogP) is 4.28. The Hall–Kier alpha value is -0.530. The Kier molecular flexibility index (Phi) is 12.1. The highest BCUT2D eigenvalue weighted by molar-refractivity contribution is 5.69. The van der Waals surface area contributed by atoms with Crippen molar-refractivity contribution in [3.05, 3.63) is 6.92 Å². The van der Waals surface area contributed by atoms with Gasteiger partial charge in [-0.25, -0.2) is 0 Å². The van der Waals surface area contributed by atoms with E-state index >= 15 is 0 Å². The zero-order valence-electron chi connectivity index (χ0n) is 10.8. The molecule has 0 N–H and O–H groups in total. The number of esters is 1. The topological polar surface area (TPSA) is 26.3 Å². The number of hydrogen-bond acceptors (Lipinski definition) is 2. The van der Waals surface area contributed by atoms with Gasteiger partial charge in [-0.3, -0.25) is 4.79 Å². The zero-order valence-corrected chi connectivity index (χ0v) is 10.8. The van der Waals surface area contributed by atoms with Crippen molar-refractivity contribution in [3.63, 3.8) is 0 Å². The lowest BCUT2D eigenvalue weighted by Gasteiger charge is -2.03. The van der Waals surface area contributed by atoms with Crippen LogP contribution in [-0.2, 0) is 9.53 Å². The van der Waals surface area contributed by atoms with Crippen LogP contribution in [0.15, 0.2) is 0 Å². The second-order valence-corrected chi connectivity index (χ2v) is 4.30. The number of carbonyl (C=O) groups is 1. The van der Waals surface area contributed by atoms with E-state index in [-0.39, 0.29) is 12.4 Å². The third-order valence-electron chi connectivity index (χ3n) is 2.72. The molecule has 1 radical (unpaired) electrons. The fraction of sp³-hybridized carbons (Fsp3) is 0.857. The first-order chi connectivity index (χ1) is 7.81. The molecule has 0 unspecified atom stereocenters. The van der Waals surface area contributed by atoms with Gasteiger partial charge in [0.2, 0.25) is 0 Å². The van der Waals surface area contributed by atoms with Crippen molar-refractivity contribution >= 4 is 5.97 Å². The molecule has 2 nitrogen and oxygen atoms in total. The molecule has 0 bridgehead atoms. The first-order valence-electron chi connectivity index (χ1n) is 6.76. The summed E-state index contributed by atoms with van der Waals surface area (Å²) in [5.41, 5.74) is 0. The van der Waals surface area contributed by atoms with Crippen LogP contribution >= 0.6 is 0 Å². The van der Waals surface area contributed by atoms with Crippen LogP contribution in [0.25, 0.3) is 0 Å². The van der Waals surface area contributed by atoms with E-state index in [9.17, 15) is 4.79 Å². The maximum Gasteiger partial charge on any atom is 0.305 e. The van der Waals surface area contributed by atoms with Crippen LogP contribution in [0, 0.1) is 6.92 Å². The highest BCUT2D eigenvalue weighted by Gasteiger charge is 1.97. The molecular weight excluding hydrogens is 200 g/mol. The van der Waals surface area contributed by atoms with E-state index in [1.54, 1.807) is 0 Å². The number of carbonyl (C=O) groups excluding carboxylic acids is 1. The van der Waals surface area contributed by atoms with E-state index in [1.165, 1.54) is 51.4 Å². The second kappa shape index (κ2) is 12.5. The summed E-state index contributed by atoms with van der Waals surface area (Å²) in [5.74, 6) is -0.181. The summed E-state index contributed by atoms with van der Waals surface area (Å²) in [4.78, 5) is 10.8. The van der Waals surface area contributed by atoms with Crippen LogP contribution in [0.5, 0.6) is 0 Å². The van der Waals surface area contributed by atoms with E-state index in [2.05, 4.69) is 13.8 Å². The minimum absolute atomic E-state index is 0.181. The molecule has 0 aromatic carbocycles. The third kappa shape index (κ3) is 11.5. The second-order valence-electron chi connectivity index (χ2n) is 4.30. The summed E-state index contributed by atoms with van der Waals surface area (Å²) in [5, 5.41) is 0. The van der Waals surface area contributed by atoms with Crippen LogP contribution < -0.4 is 0 Å². The van der Waals surface area contributed by atoms with Gasteiger partial charge in [0, 0.05) is 6.42 Å². The fourth-order valence-corrected chi connectivity index (χ4v) is 1.67. The van der Waals surface area contributed by atoms with Crippen molar-refractivity contribution < 1.29 is 9.53 Å². The fourth-order valence-electron chi connectivity index (χ4n) is 1.67. The monoisotopic (exact) mass is 227 g/mol. The highest BCUT2D eigenvalue weighted by atomic mass is 16.5. The smallest absolute Gasteiger partial charge is 0.305 e. The molecule has 0 aliphatic heterocycles. The number of rotatable bonds is 11. The summed E-state index contributed by atoms with van der Waals surface area (Å²) < 4.78 is 4.95. The van der Waals surface area contributed by atoms with Gasteiger partial charge in [-0.1, -0.05) is 58.3 Å². The molecule has 0 atom stereocenters. The van der Waals surface area contributed by atoms with Crippen LogP contribution in [0.4, 0.5) is 0 Å². The Balaban J connectivity index is 2.96. The first kappa shape index (κ1) is 15.5. The maximum absolute atomic E-state index is 10.8. The first-order valence-corrected chi connectivity index (χ1v) is 6.76. The van der Waals surface area contributed by atoms with Crippen molar-refractivity contribution in [2.45, 2.75) is 71.1 Å². The minimum Gasteiger partial charge on any atom is -0.466 e. The molecule has 95 valence electrons. The molecule has 0 aliphatic rings. The Morgan fingerprint density at radius 2 is 1.44 bits per heavy atom. The standard InChI is InChI=1S/C14H27O2/c1-3-5-6-7-8-9-10-11-12-13-16-14(15)4-2/h2-13H2,1H3. The average molecular weight is 227 g/mol. The van der Waals surface area contributed by atoms with E-state index in [1.807, 2.05) is 0 Å². The summed E-state index contributed by atoms with van der Waals surface area (Å²) in [6.45, 7) is 6.29. The van der Waals surface area contributed by atoms with E-state index < -0.39 is 0 Å². The lowest BCUT2D eigenvalue weighted by molar-refractivity contribution is -0.142. The molecule has 0 amide bonds. The van der Waals surface area contributed by atoms with Gasteiger partial charge < -0.3 is 4.74 Å².